The first kappa shape index (κ1) is 16.4. The molecular weight excluding hydrogens is 314 g/mol. The van der Waals surface area contributed by atoms with Gasteiger partial charge in [0.05, 0.1) is 0 Å². The standard InChI is InChI=1S/C19H27N5O/c1-22-11-6-19(7-12-22)8-13-24(19)18(25)21-10-5-15-14-23(2)17-16(15)4-3-9-20-17/h3-4,9,14H,5-8,10-13H2,1-2H3,(H,21,25). The average Bonchev–Trinajstić information content (AvgIpc) is 2.91. The van der Waals surface area contributed by atoms with Crippen molar-refractivity contribution >= 4 is 17.1 Å². The molecule has 2 aliphatic rings. The topological polar surface area (TPSA) is 53.4 Å². The molecule has 0 unspecified atom stereocenters. The maximum absolute atomic E-state index is 12.6. The van der Waals surface area contributed by atoms with Gasteiger partial charge in [-0.25, -0.2) is 9.78 Å². The molecular formula is C19H27N5O. The van der Waals surface area contributed by atoms with Gasteiger partial charge in [0.2, 0.25) is 0 Å². The second-order valence-electron chi connectivity index (χ2n) is 7.55. The minimum atomic E-state index is 0.106. The molecule has 0 saturated carbocycles. The lowest BCUT2D eigenvalue weighted by Crippen LogP contribution is -2.67. The maximum Gasteiger partial charge on any atom is 0.317 e. The van der Waals surface area contributed by atoms with Gasteiger partial charge in [-0.3, -0.25) is 0 Å². The lowest BCUT2D eigenvalue weighted by Gasteiger charge is -2.56. The number of hydrogen-bond donors (Lipinski definition) is 1. The number of carbonyl (C=O) groups is 1. The third-order valence-corrected chi connectivity index (χ3v) is 6.02. The predicted molar refractivity (Wildman–Crippen MR) is 98.6 cm³/mol. The monoisotopic (exact) mass is 341 g/mol. The summed E-state index contributed by atoms with van der Waals surface area (Å²) in [7, 11) is 4.18. The van der Waals surface area contributed by atoms with E-state index in [2.05, 4.69) is 44.0 Å². The van der Waals surface area contributed by atoms with Gasteiger partial charge in [0.25, 0.3) is 0 Å². The summed E-state index contributed by atoms with van der Waals surface area (Å²) in [5, 5.41) is 4.31. The Morgan fingerprint density at radius 3 is 2.72 bits per heavy atom. The van der Waals surface area contributed by atoms with Gasteiger partial charge in [-0.1, -0.05) is 0 Å². The molecule has 1 spiro atoms. The Bertz CT molecular complexity index is 775. The molecule has 134 valence electrons. The number of nitrogens with one attached hydrogen (secondary N) is 1. The fourth-order valence-corrected chi connectivity index (χ4v) is 4.30. The minimum Gasteiger partial charge on any atom is -0.338 e. The van der Waals surface area contributed by atoms with Crippen LogP contribution < -0.4 is 5.32 Å². The minimum absolute atomic E-state index is 0.106. The molecule has 0 aromatic carbocycles. The van der Waals surface area contributed by atoms with E-state index in [4.69, 9.17) is 0 Å². The Balaban J connectivity index is 1.35. The SMILES string of the molecule is CN1CCC2(CC1)CCN2C(=O)NCCc1cn(C)c2ncccc12. The number of rotatable bonds is 3. The van der Waals surface area contributed by atoms with Gasteiger partial charge in [0.15, 0.2) is 0 Å². The first-order valence-electron chi connectivity index (χ1n) is 9.22. The highest BCUT2D eigenvalue weighted by molar-refractivity contribution is 5.80. The quantitative estimate of drug-likeness (QED) is 0.929. The van der Waals surface area contributed by atoms with Crippen LogP contribution in [0, 0.1) is 0 Å². The number of likely N-dealkylation sites (tertiary alicyclic amines) is 2. The summed E-state index contributed by atoms with van der Waals surface area (Å²) in [4.78, 5) is 21.5. The lowest BCUT2D eigenvalue weighted by molar-refractivity contribution is -0.0209. The Morgan fingerprint density at radius 2 is 2.00 bits per heavy atom. The van der Waals surface area contributed by atoms with Crippen LogP contribution in [0.15, 0.2) is 24.5 Å². The molecule has 0 bridgehead atoms. The highest BCUT2D eigenvalue weighted by Crippen LogP contribution is 2.39. The molecule has 6 heteroatoms. The Kier molecular flexibility index (Phi) is 4.15. The second-order valence-corrected chi connectivity index (χ2v) is 7.55. The van der Waals surface area contributed by atoms with Gasteiger partial charge < -0.3 is 19.7 Å². The normalized spacial score (nSPS) is 20.0. The van der Waals surface area contributed by atoms with Crippen LogP contribution in [0.1, 0.15) is 24.8 Å². The summed E-state index contributed by atoms with van der Waals surface area (Å²) in [6.45, 7) is 3.74. The fraction of sp³-hybridized carbons (Fsp3) is 0.579. The van der Waals surface area contributed by atoms with Crippen LogP contribution in [0.5, 0.6) is 0 Å². The fourth-order valence-electron chi connectivity index (χ4n) is 4.30. The van der Waals surface area contributed by atoms with E-state index in [1.54, 1.807) is 0 Å². The third-order valence-electron chi connectivity index (χ3n) is 6.02. The molecule has 0 radical (unpaired) electrons. The number of fused-ring (bicyclic) bond motifs is 1. The summed E-state index contributed by atoms with van der Waals surface area (Å²) in [5.74, 6) is 0. The van der Waals surface area contributed by atoms with E-state index in [0.717, 1.165) is 51.0 Å². The molecule has 2 aromatic rings. The van der Waals surface area contributed by atoms with Crippen molar-refractivity contribution in [2.75, 3.05) is 33.2 Å². The van der Waals surface area contributed by atoms with Crippen molar-refractivity contribution in [1.82, 2.24) is 24.7 Å². The van der Waals surface area contributed by atoms with Crippen molar-refractivity contribution < 1.29 is 4.79 Å². The summed E-state index contributed by atoms with van der Waals surface area (Å²) in [5.41, 5.74) is 2.36. The van der Waals surface area contributed by atoms with E-state index in [1.807, 2.05) is 19.3 Å². The summed E-state index contributed by atoms with van der Waals surface area (Å²) < 4.78 is 2.05. The molecule has 2 aromatic heterocycles. The number of hydrogen-bond acceptors (Lipinski definition) is 3. The predicted octanol–water partition coefficient (Wildman–Crippen LogP) is 2.00. The van der Waals surface area contributed by atoms with Gasteiger partial charge >= 0.3 is 6.03 Å². The smallest absolute Gasteiger partial charge is 0.317 e. The molecule has 4 rings (SSSR count). The van der Waals surface area contributed by atoms with Crippen molar-refractivity contribution in [3.8, 4) is 0 Å². The van der Waals surface area contributed by atoms with Gasteiger partial charge in [0.1, 0.15) is 5.65 Å². The van der Waals surface area contributed by atoms with Gasteiger partial charge in [-0.15, -0.1) is 0 Å². The van der Waals surface area contributed by atoms with E-state index >= 15 is 0 Å². The maximum atomic E-state index is 12.6. The number of nitrogens with zero attached hydrogens (tertiary/aromatic N) is 4. The average molecular weight is 341 g/mol. The first-order valence-corrected chi connectivity index (χ1v) is 9.22. The van der Waals surface area contributed by atoms with Crippen LogP contribution in [0.2, 0.25) is 0 Å². The number of aryl methyl sites for hydroxylation is 1. The first-order chi connectivity index (χ1) is 12.1. The number of piperidine rings is 1. The number of carbonyl (C=O) groups excluding carboxylic acids is 1. The van der Waals surface area contributed by atoms with Crippen LogP contribution in [-0.2, 0) is 13.5 Å². The van der Waals surface area contributed by atoms with Crippen molar-refractivity contribution in [1.29, 1.82) is 0 Å². The van der Waals surface area contributed by atoms with Crippen molar-refractivity contribution in [3.63, 3.8) is 0 Å². The molecule has 1 N–H and O–H groups in total. The summed E-state index contributed by atoms with van der Waals surface area (Å²) in [6.07, 6.45) is 8.13. The Hall–Kier alpha value is -2.08. The lowest BCUT2D eigenvalue weighted by atomic mass is 9.77. The zero-order valence-electron chi connectivity index (χ0n) is 15.2. The molecule has 2 aliphatic heterocycles. The van der Waals surface area contributed by atoms with E-state index in [0.29, 0.717) is 6.54 Å². The van der Waals surface area contributed by atoms with E-state index in [-0.39, 0.29) is 11.6 Å². The highest BCUT2D eigenvalue weighted by atomic mass is 16.2. The highest BCUT2D eigenvalue weighted by Gasteiger charge is 2.48. The molecule has 6 nitrogen and oxygen atoms in total. The van der Waals surface area contributed by atoms with E-state index < -0.39 is 0 Å². The van der Waals surface area contributed by atoms with Gasteiger partial charge in [0, 0.05) is 56.5 Å². The molecule has 2 fully saturated rings. The van der Waals surface area contributed by atoms with Crippen molar-refractivity contribution in [3.05, 3.63) is 30.1 Å². The summed E-state index contributed by atoms with van der Waals surface area (Å²) in [6, 6.07) is 4.17. The largest absolute Gasteiger partial charge is 0.338 e. The van der Waals surface area contributed by atoms with Crippen LogP contribution in [0.25, 0.3) is 11.0 Å². The molecule has 0 aliphatic carbocycles. The molecule has 4 heterocycles. The van der Waals surface area contributed by atoms with Crippen LogP contribution in [-0.4, -0.2) is 64.1 Å². The van der Waals surface area contributed by atoms with E-state index in [9.17, 15) is 4.79 Å². The van der Waals surface area contributed by atoms with Crippen LogP contribution in [0.3, 0.4) is 0 Å². The number of aromatic nitrogens is 2. The number of amides is 2. The summed E-state index contributed by atoms with van der Waals surface area (Å²) >= 11 is 0. The third kappa shape index (κ3) is 2.88. The molecule has 2 amide bonds. The van der Waals surface area contributed by atoms with Gasteiger partial charge in [-0.05, 0) is 50.4 Å². The van der Waals surface area contributed by atoms with Crippen LogP contribution >= 0.6 is 0 Å². The van der Waals surface area contributed by atoms with E-state index in [1.165, 1.54) is 10.9 Å². The van der Waals surface area contributed by atoms with Crippen molar-refractivity contribution in [2.24, 2.45) is 7.05 Å². The molecule has 2 saturated heterocycles. The Morgan fingerprint density at radius 1 is 1.24 bits per heavy atom. The van der Waals surface area contributed by atoms with Crippen LogP contribution in [0.4, 0.5) is 4.79 Å². The zero-order valence-corrected chi connectivity index (χ0v) is 15.2. The van der Waals surface area contributed by atoms with Crippen molar-refractivity contribution in [2.45, 2.75) is 31.2 Å². The van der Waals surface area contributed by atoms with Gasteiger partial charge in [-0.2, -0.15) is 0 Å². The number of pyridine rings is 1. The number of urea groups is 1. The zero-order chi connectivity index (χ0) is 17.4. The molecule has 25 heavy (non-hydrogen) atoms. The molecule has 0 atom stereocenters. The second kappa shape index (κ2) is 6.33. The Labute approximate surface area is 148 Å².